The summed E-state index contributed by atoms with van der Waals surface area (Å²) in [5.41, 5.74) is 0.986. The minimum atomic E-state index is -0.132. The van der Waals surface area contributed by atoms with Crippen LogP contribution in [-0.2, 0) is 11.3 Å². The fourth-order valence-electron chi connectivity index (χ4n) is 2.89. The van der Waals surface area contributed by atoms with Crippen LogP contribution in [0.25, 0.3) is 0 Å². The highest BCUT2D eigenvalue weighted by Crippen LogP contribution is 2.19. The molecule has 138 valence electrons. The molecule has 0 saturated carbocycles. The Balaban J connectivity index is 1.43. The molecule has 2 N–H and O–H groups in total. The number of urea groups is 1. The molecule has 1 aromatic heterocycles. The molecule has 1 fully saturated rings. The number of anilines is 1. The molecule has 0 bridgehead atoms. The molecule has 0 radical (unpaired) electrons. The third-order valence-corrected chi connectivity index (χ3v) is 4.64. The van der Waals surface area contributed by atoms with Crippen molar-refractivity contribution in [1.82, 2.24) is 15.4 Å². The minimum Gasteiger partial charge on any atom is -0.360 e. The van der Waals surface area contributed by atoms with E-state index in [2.05, 4.69) is 15.8 Å². The van der Waals surface area contributed by atoms with Gasteiger partial charge in [0.25, 0.3) is 0 Å². The van der Waals surface area contributed by atoms with E-state index in [0.29, 0.717) is 49.1 Å². The van der Waals surface area contributed by atoms with Gasteiger partial charge in [0.05, 0.1) is 0 Å². The summed E-state index contributed by atoms with van der Waals surface area (Å²) < 4.78 is 4.94. The smallest absolute Gasteiger partial charge is 0.317 e. The topological polar surface area (TPSA) is 87.5 Å². The fraction of sp³-hybridized carbons (Fsp3) is 0.389. The highest BCUT2D eigenvalue weighted by atomic mass is 35.5. The first-order valence-corrected chi connectivity index (χ1v) is 8.90. The number of aryl methyl sites for hydroxylation is 1. The van der Waals surface area contributed by atoms with Crippen molar-refractivity contribution in [3.8, 4) is 0 Å². The van der Waals surface area contributed by atoms with Crippen LogP contribution in [0.2, 0.25) is 5.02 Å². The molecule has 0 spiro atoms. The van der Waals surface area contributed by atoms with E-state index in [1.807, 2.05) is 12.1 Å². The molecular formula is C18H21ClN4O3. The van der Waals surface area contributed by atoms with Gasteiger partial charge in [-0.15, -0.1) is 0 Å². The van der Waals surface area contributed by atoms with Gasteiger partial charge in [-0.3, -0.25) is 4.79 Å². The maximum atomic E-state index is 12.3. The molecule has 2 aromatic rings. The Labute approximate surface area is 156 Å². The van der Waals surface area contributed by atoms with Crippen LogP contribution in [0, 0.1) is 12.8 Å². The summed E-state index contributed by atoms with van der Waals surface area (Å²) in [7, 11) is 0. The van der Waals surface area contributed by atoms with E-state index in [1.54, 1.807) is 30.0 Å². The van der Waals surface area contributed by atoms with E-state index < -0.39 is 0 Å². The molecule has 8 heteroatoms. The number of rotatable bonds is 4. The number of benzene rings is 1. The Morgan fingerprint density at radius 3 is 2.58 bits per heavy atom. The quantitative estimate of drug-likeness (QED) is 0.857. The molecule has 1 saturated heterocycles. The molecule has 3 rings (SSSR count). The zero-order valence-electron chi connectivity index (χ0n) is 14.5. The van der Waals surface area contributed by atoms with E-state index in [-0.39, 0.29) is 17.9 Å². The van der Waals surface area contributed by atoms with Crippen molar-refractivity contribution in [3.63, 3.8) is 0 Å². The van der Waals surface area contributed by atoms with Crippen molar-refractivity contribution in [2.24, 2.45) is 5.92 Å². The SMILES string of the molecule is Cc1cc(NC(=O)C2CCN(C(=O)NCc3ccc(Cl)cc3)CC2)no1. The van der Waals surface area contributed by atoms with E-state index in [4.69, 9.17) is 16.1 Å². The molecule has 7 nitrogen and oxygen atoms in total. The number of likely N-dealkylation sites (tertiary alicyclic amines) is 1. The summed E-state index contributed by atoms with van der Waals surface area (Å²) in [6.07, 6.45) is 1.24. The Bertz CT molecular complexity index is 767. The zero-order chi connectivity index (χ0) is 18.5. The van der Waals surface area contributed by atoms with Crippen LogP contribution in [0.3, 0.4) is 0 Å². The maximum absolute atomic E-state index is 12.3. The van der Waals surface area contributed by atoms with E-state index in [9.17, 15) is 9.59 Å². The first-order valence-electron chi connectivity index (χ1n) is 8.52. The lowest BCUT2D eigenvalue weighted by Crippen LogP contribution is -2.45. The lowest BCUT2D eigenvalue weighted by Gasteiger charge is -2.31. The molecular weight excluding hydrogens is 356 g/mol. The molecule has 2 heterocycles. The monoisotopic (exact) mass is 376 g/mol. The average Bonchev–Trinajstić information content (AvgIpc) is 3.06. The van der Waals surface area contributed by atoms with Crippen molar-refractivity contribution < 1.29 is 14.1 Å². The highest BCUT2D eigenvalue weighted by Gasteiger charge is 2.27. The molecule has 0 atom stereocenters. The second kappa shape index (κ2) is 8.23. The number of aromatic nitrogens is 1. The largest absolute Gasteiger partial charge is 0.360 e. The van der Waals surface area contributed by atoms with Crippen LogP contribution in [0.15, 0.2) is 34.9 Å². The first kappa shape index (κ1) is 18.3. The number of carbonyl (C=O) groups excluding carboxylic acids is 2. The lowest BCUT2D eigenvalue weighted by atomic mass is 9.96. The lowest BCUT2D eigenvalue weighted by molar-refractivity contribution is -0.121. The van der Waals surface area contributed by atoms with Crippen molar-refractivity contribution in [3.05, 3.63) is 46.7 Å². The molecule has 1 aliphatic rings. The molecule has 3 amide bonds. The Morgan fingerprint density at radius 2 is 1.96 bits per heavy atom. The summed E-state index contributed by atoms with van der Waals surface area (Å²) in [6.45, 7) is 3.30. The van der Waals surface area contributed by atoms with Crippen molar-refractivity contribution in [1.29, 1.82) is 0 Å². The number of amides is 3. The van der Waals surface area contributed by atoms with Gasteiger partial charge in [-0.1, -0.05) is 28.9 Å². The number of nitrogens with one attached hydrogen (secondary N) is 2. The van der Waals surface area contributed by atoms with E-state index >= 15 is 0 Å². The summed E-state index contributed by atoms with van der Waals surface area (Å²) in [5, 5.41) is 10.1. The third-order valence-electron chi connectivity index (χ3n) is 4.39. The van der Waals surface area contributed by atoms with Crippen LogP contribution in [0.4, 0.5) is 10.6 Å². The third kappa shape index (κ3) is 4.76. The number of hydrogen-bond donors (Lipinski definition) is 2. The van der Waals surface area contributed by atoms with Gasteiger partial charge in [0.15, 0.2) is 5.82 Å². The van der Waals surface area contributed by atoms with Gasteiger partial charge in [0.1, 0.15) is 5.76 Å². The van der Waals surface area contributed by atoms with Gasteiger partial charge < -0.3 is 20.1 Å². The van der Waals surface area contributed by atoms with Crippen LogP contribution in [0.5, 0.6) is 0 Å². The zero-order valence-corrected chi connectivity index (χ0v) is 15.3. The molecule has 26 heavy (non-hydrogen) atoms. The molecule has 0 unspecified atom stereocenters. The Kier molecular flexibility index (Phi) is 5.78. The Hall–Kier alpha value is -2.54. The summed E-state index contributed by atoms with van der Waals surface area (Å²) in [6, 6.07) is 8.91. The van der Waals surface area contributed by atoms with Crippen LogP contribution in [-0.4, -0.2) is 35.1 Å². The predicted molar refractivity (Wildman–Crippen MR) is 97.9 cm³/mol. The second-order valence-electron chi connectivity index (χ2n) is 6.36. The van der Waals surface area contributed by atoms with Crippen molar-refractivity contribution in [2.75, 3.05) is 18.4 Å². The summed E-state index contributed by atoms with van der Waals surface area (Å²) in [5.74, 6) is 0.856. The number of halogens is 1. The first-order chi connectivity index (χ1) is 12.5. The van der Waals surface area contributed by atoms with Gasteiger partial charge in [0.2, 0.25) is 5.91 Å². The van der Waals surface area contributed by atoms with Crippen molar-refractivity contribution in [2.45, 2.75) is 26.3 Å². The standard InChI is InChI=1S/C18H21ClN4O3/c1-12-10-16(22-26-12)21-17(24)14-6-8-23(9-7-14)18(25)20-11-13-2-4-15(19)5-3-13/h2-5,10,14H,6-9,11H2,1H3,(H,20,25)(H,21,22,24). The summed E-state index contributed by atoms with van der Waals surface area (Å²) in [4.78, 5) is 26.3. The fourth-order valence-corrected chi connectivity index (χ4v) is 3.02. The minimum absolute atomic E-state index is 0.0838. The molecule has 1 aliphatic heterocycles. The van der Waals surface area contributed by atoms with Gasteiger partial charge in [-0.25, -0.2) is 4.79 Å². The maximum Gasteiger partial charge on any atom is 0.317 e. The van der Waals surface area contributed by atoms with Gasteiger partial charge >= 0.3 is 6.03 Å². The van der Waals surface area contributed by atoms with Gasteiger partial charge in [-0.05, 0) is 37.5 Å². The van der Waals surface area contributed by atoms with Crippen LogP contribution < -0.4 is 10.6 Å². The highest BCUT2D eigenvalue weighted by molar-refractivity contribution is 6.30. The number of carbonyl (C=O) groups is 2. The van der Waals surface area contributed by atoms with E-state index in [1.165, 1.54) is 0 Å². The molecule has 0 aliphatic carbocycles. The number of nitrogens with zero attached hydrogens (tertiary/aromatic N) is 2. The normalized spacial score (nSPS) is 14.9. The second-order valence-corrected chi connectivity index (χ2v) is 6.79. The Morgan fingerprint density at radius 1 is 1.27 bits per heavy atom. The number of piperidine rings is 1. The summed E-state index contributed by atoms with van der Waals surface area (Å²) >= 11 is 5.85. The number of hydrogen-bond acceptors (Lipinski definition) is 4. The van der Waals surface area contributed by atoms with Crippen molar-refractivity contribution >= 4 is 29.4 Å². The van der Waals surface area contributed by atoms with Gasteiger partial charge in [-0.2, -0.15) is 0 Å². The molecule has 1 aromatic carbocycles. The van der Waals surface area contributed by atoms with Crippen LogP contribution >= 0.6 is 11.6 Å². The predicted octanol–water partition coefficient (Wildman–Crippen LogP) is 3.20. The van der Waals surface area contributed by atoms with E-state index in [0.717, 1.165) is 5.56 Å². The van der Waals surface area contributed by atoms with Gasteiger partial charge in [0, 0.05) is 36.6 Å². The average molecular weight is 377 g/mol. The van der Waals surface area contributed by atoms with Crippen LogP contribution in [0.1, 0.15) is 24.2 Å².